The van der Waals surface area contributed by atoms with Crippen molar-refractivity contribution in [1.82, 2.24) is 14.8 Å². The van der Waals surface area contributed by atoms with Crippen LogP contribution in [0.5, 0.6) is 0 Å². The molecule has 0 aromatic carbocycles. The highest BCUT2D eigenvalue weighted by Gasteiger charge is 2.02. The molecular formula is C8H17N5. The molecule has 0 amide bonds. The first kappa shape index (κ1) is 9.83. The predicted octanol–water partition coefficient (Wildman–Crippen LogP) is 0.999. The zero-order valence-electron chi connectivity index (χ0n) is 8.25. The molecule has 0 saturated carbocycles. The summed E-state index contributed by atoms with van der Waals surface area (Å²) in [5.41, 5.74) is 5.52. The second-order valence-corrected chi connectivity index (χ2v) is 3.07. The van der Waals surface area contributed by atoms with Gasteiger partial charge >= 0.3 is 0 Å². The molecule has 0 radical (unpaired) electrons. The topological polar surface area (TPSA) is 68.8 Å². The van der Waals surface area contributed by atoms with Crippen LogP contribution in [0.4, 0.5) is 11.9 Å². The van der Waals surface area contributed by atoms with Crippen molar-refractivity contribution in [2.24, 2.45) is 7.05 Å². The first-order chi connectivity index (χ1) is 6.25. The average molecular weight is 183 g/mol. The molecule has 0 atom stereocenters. The lowest BCUT2D eigenvalue weighted by Crippen LogP contribution is -2.07. The summed E-state index contributed by atoms with van der Waals surface area (Å²) < 4.78 is 1.74. The number of nitrogens with zero attached hydrogens (tertiary/aromatic N) is 3. The molecule has 0 bridgehead atoms. The lowest BCUT2D eigenvalue weighted by atomic mass is 10.2. The fourth-order valence-electron chi connectivity index (χ4n) is 1.07. The van der Waals surface area contributed by atoms with E-state index in [4.69, 9.17) is 5.73 Å². The lowest BCUT2D eigenvalue weighted by molar-refractivity contribution is 0.736. The summed E-state index contributed by atoms with van der Waals surface area (Å²) >= 11 is 0. The van der Waals surface area contributed by atoms with Gasteiger partial charge in [-0.25, -0.2) is 0 Å². The maximum Gasteiger partial charge on any atom is 0.225 e. The summed E-state index contributed by atoms with van der Waals surface area (Å²) in [5, 5.41) is 10.8. The van der Waals surface area contributed by atoms with Gasteiger partial charge in [-0.15, -0.1) is 10.2 Å². The molecule has 1 heterocycles. The highest BCUT2D eigenvalue weighted by molar-refractivity contribution is 5.32. The number of hydrogen-bond donors (Lipinski definition) is 2. The molecule has 1 rings (SSSR count). The maximum atomic E-state index is 5.52. The molecule has 0 aliphatic rings. The number of rotatable bonds is 5. The van der Waals surface area contributed by atoms with Crippen LogP contribution in [0.25, 0.3) is 0 Å². The first-order valence-corrected chi connectivity index (χ1v) is 4.64. The van der Waals surface area contributed by atoms with E-state index in [9.17, 15) is 0 Å². The smallest absolute Gasteiger partial charge is 0.225 e. The van der Waals surface area contributed by atoms with Crippen molar-refractivity contribution >= 4 is 11.9 Å². The number of aromatic nitrogens is 3. The van der Waals surface area contributed by atoms with Crippen molar-refractivity contribution in [3.8, 4) is 0 Å². The molecule has 1 aromatic rings. The molecule has 74 valence electrons. The van der Waals surface area contributed by atoms with Crippen LogP contribution >= 0.6 is 0 Å². The van der Waals surface area contributed by atoms with Crippen LogP contribution in [-0.4, -0.2) is 21.3 Å². The van der Waals surface area contributed by atoms with E-state index in [1.807, 2.05) is 7.05 Å². The highest BCUT2D eigenvalue weighted by Crippen LogP contribution is 2.05. The van der Waals surface area contributed by atoms with Gasteiger partial charge in [0.05, 0.1) is 0 Å². The summed E-state index contributed by atoms with van der Waals surface area (Å²) in [6, 6.07) is 0. The average Bonchev–Trinajstić information content (AvgIpc) is 2.43. The molecule has 0 fully saturated rings. The Morgan fingerprint density at radius 1 is 1.38 bits per heavy atom. The third kappa shape index (κ3) is 2.61. The Kier molecular flexibility index (Phi) is 3.54. The van der Waals surface area contributed by atoms with Crippen molar-refractivity contribution in [2.75, 3.05) is 17.6 Å². The predicted molar refractivity (Wildman–Crippen MR) is 53.4 cm³/mol. The quantitative estimate of drug-likeness (QED) is 0.668. The highest BCUT2D eigenvalue weighted by atomic mass is 15.4. The fraction of sp³-hybridized carbons (Fsp3) is 0.750. The van der Waals surface area contributed by atoms with Crippen LogP contribution in [0.1, 0.15) is 26.2 Å². The molecular weight excluding hydrogens is 166 g/mol. The standard InChI is InChI=1S/C8H17N5/c1-3-4-5-6-10-8-12-11-7(9)13(8)2/h3-6H2,1-2H3,(H2,9,11)(H,10,12). The summed E-state index contributed by atoms with van der Waals surface area (Å²) in [6.45, 7) is 3.11. The Bertz CT molecular complexity index is 255. The molecule has 0 spiro atoms. The first-order valence-electron chi connectivity index (χ1n) is 4.64. The van der Waals surface area contributed by atoms with Gasteiger partial charge < -0.3 is 11.1 Å². The fourth-order valence-corrected chi connectivity index (χ4v) is 1.07. The van der Waals surface area contributed by atoms with Gasteiger partial charge in [-0.2, -0.15) is 0 Å². The minimum absolute atomic E-state index is 0.443. The Labute approximate surface area is 78.3 Å². The zero-order chi connectivity index (χ0) is 9.68. The maximum absolute atomic E-state index is 5.52. The van der Waals surface area contributed by atoms with Gasteiger partial charge in [-0.3, -0.25) is 4.57 Å². The van der Waals surface area contributed by atoms with E-state index in [1.54, 1.807) is 4.57 Å². The van der Waals surface area contributed by atoms with Crippen LogP contribution in [-0.2, 0) is 7.05 Å². The van der Waals surface area contributed by atoms with Gasteiger partial charge in [0.25, 0.3) is 0 Å². The molecule has 1 aromatic heterocycles. The van der Waals surface area contributed by atoms with E-state index in [0.717, 1.165) is 18.9 Å². The van der Waals surface area contributed by atoms with E-state index in [-0.39, 0.29) is 0 Å². The second-order valence-electron chi connectivity index (χ2n) is 3.07. The van der Waals surface area contributed by atoms with Crippen molar-refractivity contribution < 1.29 is 0 Å². The summed E-state index contributed by atoms with van der Waals surface area (Å²) in [7, 11) is 1.84. The molecule has 0 saturated heterocycles. The number of hydrogen-bond acceptors (Lipinski definition) is 4. The van der Waals surface area contributed by atoms with Crippen LogP contribution in [0.3, 0.4) is 0 Å². The normalized spacial score (nSPS) is 10.3. The van der Waals surface area contributed by atoms with Gasteiger partial charge in [0.1, 0.15) is 0 Å². The number of unbranched alkanes of at least 4 members (excludes halogenated alkanes) is 2. The number of anilines is 2. The van der Waals surface area contributed by atoms with E-state index >= 15 is 0 Å². The number of nitrogens with two attached hydrogens (primary N) is 1. The lowest BCUT2D eigenvalue weighted by Gasteiger charge is -2.03. The largest absolute Gasteiger partial charge is 0.368 e. The van der Waals surface area contributed by atoms with Crippen molar-refractivity contribution in [3.05, 3.63) is 0 Å². The van der Waals surface area contributed by atoms with Crippen molar-refractivity contribution in [2.45, 2.75) is 26.2 Å². The molecule has 0 unspecified atom stereocenters. The van der Waals surface area contributed by atoms with Gasteiger partial charge in [-0.05, 0) is 6.42 Å². The number of nitrogen functional groups attached to an aromatic ring is 1. The SMILES string of the molecule is CCCCCNc1nnc(N)n1C. The van der Waals surface area contributed by atoms with E-state index in [1.165, 1.54) is 12.8 Å². The van der Waals surface area contributed by atoms with Gasteiger partial charge in [-0.1, -0.05) is 19.8 Å². The Hall–Kier alpha value is -1.26. The Balaban J connectivity index is 2.32. The summed E-state index contributed by atoms with van der Waals surface area (Å²) in [6.07, 6.45) is 3.62. The van der Waals surface area contributed by atoms with Gasteiger partial charge in [0.2, 0.25) is 11.9 Å². The van der Waals surface area contributed by atoms with Crippen LogP contribution in [0.2, 0.25) is 0 Å². The van der Waals surface area contributed by atoms with E-state index < -0.39 is 0 Å². The Morgan fingerprint density at radius 3 is 2.69 bits per heavy atom. The van der Waals surface area contributed by atoms with Gasteiger partial charge in [0, 0.05) is 13.6 Å². The minimum atomic E-state index is 0.443. The van der Waals surface area contributed by atoms with Crippen LogP contribution < -0.4 is 11.1 Å². The van der Waals surface area contributed by atoms with Gasteiger partial charge in [0.15, 0.2) is 0 Å². The molecule has 5 heteroatoms. The second kappa shape index (κ2) is 4.69. The third-order valence-electron chi connectivity index (χ3n) is 1.97. The van der Waals surface area contributed by atoms with Crippen molar-refractivity contribution in [1.29, 1.82) is 0 Å². The number of nitrogens with one attached hydrogen (secondary N) is 1. The minimum Gasteiger partial charge on any atom is -0.368 e. The van der Waals surface area contributed by atoms with Crippen molar-refractivity contribution in [3.63, 3.8) is 0 Å². The van der Waals surface area contributed by atoms with Crippen LogP contribution in [0.15, 0.2) is 0 Å². The molecule has 0 aliphatic heterocycles. The summed E-state index contributed by atoms with van der Waals surface area (Å²) in [5.74, 6) is 1.19. The molecule has 0 aliphatic carbocycles. The zero-order valence-corrected chi connectivity index (χ0v) is 8.25. The van der Waals surface area contributed by atoms with Crippen LogP contribution in [0, 0.1) is 0 Å². The molecule has 5 nitrogen and oxygen atoms in total. The summed E-state index contributed by atoms with van der Waals surface area (Å²) in [4.78, 5) is 0. The molecule has 13 heavy (non-hydrogen) atoms. The third-order valence-corrected chi connectivity index (χ3v) is 1.97. The monoisotopic (exact) mass is 183 g/mol. The van der Waals surface area contributed by atoms with E-state index in [2.05, 4.69) is 22.4 Å². The van der Waals surface area contributed by atoms with E-state index in [0.29, 0.717) is 5.95 Å². The molecule has 3 N–H and O–H groups in total. The Morgan fingerprint density at radius 2 is 2.15 bits per heavy atom.